The van der Waals surface area contributed by atoms with Crippen LogP contribution in [-0.4, -0.2) is 37.2 Å². The first-order valence-electron chi connectivity index (χ1n) is 30.8. The van der Waals surface area contributed by atoms with Gasteiger partial charge in [0, 0.05) is 19.3 Å². The predicted molar refractivity (Wildman–Crippen MR) is 298 cm³/mol. The monoisotopic (exact) mass is 971 g/mol. The molecule has 6 nitrogen and oxygen atoms in total. The van der Waals surface area contributed by atoms with Crippen LogP contribution in [0.15, 0.2) is 24.3 Å². The minimum absolute atomic E-state index is 0.0722. The highest BCUT2D eigenvalue weighted by Crippen LogP contribution is 2.18. The zero-order chi connectivity index (χ0) is 50.0. The first-order chi connectivity index (χ1) is 34.0. The van der Waals surface area contributed by atoms with Crippen LogP contribution in [-0.2, 0) is 28.6 Å². The van der Waals surface area contributed by atoms with Gasteiger partial charge in [0.1, 0.15) is 13.2 Å². The van der Waals surface area contributed by atoms with E-state index in [0.29, 0.717) is 19.3 Å². The smallest absolute Gasteiger partial charge is 0.306 e. The summed E-state index contributed by atoms with van der Waals surface area (Å²) in [6.07, 6.45) is 69.3. The third kappa shape index (κ3) is 56.7. The van der Waals surface area contributed by atoms with Crippen molar-refractivity contribution in [1.29, 1.82) is 0 Å². The second-order valence-corrected chi connectivity index (χ2v) is 21.0. The lowest BCUT2D eigenvalue weighted by molar-refractivity contribution is -0.167. The summed E-state index contributed by atoms with van der Waals surface area (Å²) in [5.74, 6) is -0.872. The van der Waals surface area contributed by atoms with Crippen molar-refractivity contribution in [3.63, 3.8) is 0 Å². The summed E-state index contributed by atoms with van der Waals surface area (Å²) >= 11 is 0. The van der Waals surface area contributed by atoms with E-state index in [1.54, 1.807) is 0 Å². The van der Waals surface area contributed by atoms with E-state index in [2.05, 4.69) is 45.1 Å². The van der Waals surface area contributed by atoms with Gasteiger partial charge < -0.3 is 14.2 Å². The summed E-state index contributed by atoms with van der Waals surface area (Å²) in [6, 6.07) is 0. The molecule has 0 spiro atoms. The van der Waals surface area contributed by atoms with E-state index < -0.39 is 6.10 Å². The lowest BCUT2D eigenvalue weighted by Crippen LogP contribution is -2.30. The molecule has 0 aromatic heterocycles. The van der Waals surface area contributed by atoms with Gasteiger partial charge in [-0.2, -0.15) is 0 Å². The second kappa shape index (κ2) is 58.5. The standard InChI is InChI=1S/C63H118O6/c1-4-7-10-13-16-19-21-23-25-26-27-28-29-30-31-32-33-34-35-36-37-38-39-41-42-44-47-50-53-56-62(65)68-59-60(58-67-61(64)55-52-49-46-18-15-12-9-6-3)69-63(66)57-54-51-48-45-43-40-24-22-20-17-14-11-8-5-2/h14,17,22,24,60H,4-13,15-16,18-21,23,25-59H2,1-3H3/b17-14-,24-22-. The third-order valence-corrected chi connectivity index (χ3v) is 14.0. The average molecular weight is 972 g/mol. The van der Waals surface area contributed by atoms with Crippen molar-refractivity contribution in [2.24, 2.45) is 0 Å². The highest BCUT2D eigenvalue weighted by atomic mass is 16.6. The maximum absolute atomic E-state index is 12.8. The van der Waals surface area contributed by atoms with Crippen molar-refractivity contribution in [3.05, 3.63) is 24.3 Å². The number of ether oxygens (including phenoxy) is 3. The average Bonchev–Trinajstić information content (AvgIpc) is 3.35. The Hall–Kier alpha value is -2.11. The molecule has 0 amide bonds. The van der Waals surface area contributed by atoms with Gasteiger partial charge in [-0.1, -0.05) is 302 Å². The molecule has 0 aliphatic carbocycles. The van der Waals surface area contributed by atoms with Crippen molar-refractivity contribution >= 4 is 17.9 Å². The molecule has 0 radical (unpaired) electrons. The van der Waals surface area contributed by atoms with E-state index in [4.69, 9.17) is 14.2 Å². The highest BCUT2D eigenvalue weighted by Gasteiger charge is 2.19. The van der Waals surface area contributed by atoms with E-state index in [9.17, 15) is 14.4 Å². The zero-order valence-electron chi connectivity index (χ0n) is 46.6. The molecular weight excluding hydrogens is 853 g/mol. The molecule has 0 aromatic rings. The first kappa shape index (κ1) is 66.9. The number of unbranched alkanes of at least 4 members (excludes halogenated alkanes) is 42. The Morgan fingerprint density at radius 1 is 0.290 bits per heavy atom. The summed E-state index contributed by atoms with van der Waals surface area (Å²) in [6.45, 7) is 6.61. The SMILES string of the molecule is CCCC/C=C\C/C=C\CCCCCCCC(=O)OC(COC(=O)CCCCCCCCCC)COC(=O)CCCCCCCCCCCCCCCCCCCCCCCCCCCCCCC. The van der Waals surface area contributed by atoms with Crippen molar-refractivity contribution in [3.8, 4) is 0 Å². The van der Waals surface area contributed by atoms with Gasteiger partial charge in [-0.3, -0.25) is 14.4 Å². The Kier molecular flexibility index (Phi) is 56.7. The molecule has 0 rings (SSSR count). The highest BCUT2D eigenvalue weighted by molar-refractivity contribution is 5.71. The number of hydrogen-bond acceptors (Lipinski definition) is 6. The van der Waals surface area contributed by atoms with Crippen molar-refractivity contribution in [1.82, 2.24) is 0 Å². The van der Waals surface area contributed by atoms with Crippen LogP contribution in [0.4, 0.5) is 0 Å². The van der Waals surface area contributed by atoms with Crippen LogP contribution in [0.3, 0.4) is 0 Å². The van der Waals surface area contributed by atoms with E-state index in [-0.39, 0.29) is 31.1 Å². The fourth-order valence-corrected chi connectivity index (χ4v) is 9.29. The Morgan fingerprint density at radius 3 is 0.841 bits per heavy atom. The van der Waals surface area contributed by atoms with E-state index >= 15 is 0 Å². The van der Waals surface area contributed by atoms with Crippen molar-refractivity contribution < 1.29 is 28.6 Å². The predicted octanol–water partition coefficient (Wildman–Crippen LogP) is 20.7. The van der Waals surface area contributed by atoms with E-state index in [1.165, 1.54) is 218 Å². The molecular formula is C63H118O6. The molecule has 1 atom stereocenters. The Bertz CT molecular complexity index is 1110. The Balaban J connectivity index is 4.02. The fraction of sp³-hybridized carbons (Fsp3) is 0.889. The number of allylic oxidation sites excluding steroid dienone is 4. The molecule has 0 N–H and O–H groups in total. The van der Waals surface area contributed by atoms with Crippen molar-refractivity contribution in [2.75, 3.05) is 13.2 Å². The van der Waals surface area contributed by atoms with Crippen LogP contribution in [0.25, 0.3) is 0 Å². The lowest BCUT2D eigenvalue weighted by Gasteiger charge is -2.18. The molecule has 0 saturated carbocycles. The molecule has 0 bridgehead atoms. The molecule has 0 aromatic carbocycles. The van der Waals surface area contributed by atoms with Crippen molar-refractivity contribution in [2.45, 2.75) is 348 Å². The Morgan fingerprint density at radius 2 is 0.536 bits per heavy atom. The lowest BCUT2D eigenvalue weighted by atomic mass is 10.0. The van der Waals surface area contributed by atoms with Crippen LogP contribution < -0.4 is 0 Å². The van der Waals surface area contributed by atoms with Gasteiger partial charge in [-0.25, -0.2) is 0 Å². The fourth-order valence-electron chi connectivity index (χ4n) is 9.29. The number of carbonyl (C=O) groups is 3. The third-order valence-electron chi connectivity index (χ3n) is 14.0. The van der Waals surface area contributed by atoms with Crippen LogP contribution in [0.1, 0.15) is 342 Å². The largest absolute Gasteiger partial charge is 0.462 e. The molecule has 0 fully saturated rings. The van der Waals surface area contributed by atoms with Crippen LogP contribution >= 0.6 is 0 Å². The summed E-state index contributed by atoms with van der Waals surface area (Å²) in [7, 11) is 0. The quantitative estimate of drug-likeness (QED) is 0.0261. The summed E-state index contributed by atoms with van der Waals surface area (Å²) in [5, 5.41) is 0. The number of carbonyl (C=O) groups excluding carboxylic acids is 3. The molecule has 0 saturated heterocycles. The van der Waals surface area contributed by atoms with Gasteiger partial charge in [0.25, 0.3) is 0 Å². The molecule has 0 aliphatic heterocycles. The van der Waals surface area contributed by atoms with Gasteiger partial charge in [-0.05, 0) is 44.9 Å². The molecule has 6 heteroatoms. The van der Waals surface area contributed by atoms with Crippen LogP contribution in [0, 0.1) is 0 Å². The summed E-state index contributed by atoms with van der Waals surface area (Å²) in [4.78, 5) is 38.0. The minimum atomic E-state index is -0.772. The number of rotatable bonds is 57. The van der Waals surface area contributed by atoms with Gasteiger partial charge in [0.15, 0.2) is 6.10 Å². The van der Waals surface area contributed by atoms with Gasteiger partial charge in [0.2, 0.25) is 0 Å². The minimum Gasteiger partial charge on any atom is -0.462 e. The normalized spacial score (nSPS) is 12.1. The van der Waals surface area contributed by atoms with Gasteiger partial charge in [-0.15, -0.1) is 0 Å². The maximum atomic E-state index is 12.8. The van der Waals surface area contributed by atoms with E-state index in [1.807, 2.05) is 0 Å². The molecule has 69 heavy (non-hydrogen) atoms. The second-order valence-electron chi connectivity index (χ2n) is 21.0. The summed E-state index contributed by atoms with van der Waals surface area (Å²) < 4.78 is 16.8. The van der Waals surface area contributed by atoms with Gasteiger partial charge in [0.05, 0.1) is 0 Å². The van der Waals surface area contributed by atoms with Crippen LogP contribution in [0.2, 0.25) is 0 Å². The maximum Gasteiger partial charge on any atom is 0.306 e. The topological polar surface area (TPSA) is 78.9 Å². The summed E-state index contributed by atoms with van der Waals surface area (Å²) in [5.41, 5.74) is 0. The van der Waals surface area contributed by atoms with Crippen LogP contribution in [0.5, 0.6) is 0 Å². The molecule has 0 heterocycles. The molecule has 1 unspecified atom stereocenters. The van der Waals surface area contributed by atoms with Gasteiger partial charge >= 0.3 is 17.9 Å². The molecule has 406 valence electrons. The number of hydrogen-bond donors (Lipinski definition) is 0. The first-order valence-corrected chi connectivity index (χ1v) is 30.8. The molecule has 0 aliphatic rings. The zero-order valence-corrected chi connectivity index (χ0v) is 46.6. The Labute approximate surface area is 430 Å². The van der Waals surface area contributed by atoms with E-state index in [0.717, 1.165) is 83.5 Å². The number of esters is 3.